The normalized spacial score (nSPS) is 14.5. The van der Waals surface area contributed by atoms with Gasteiger partial charge in [-0.2, -0.15) is 13.2 Å². The van der Waals surface area contributed by atoms with Crippen LogP contribution in [0.4, 0.5) is 13.2 Å². The summed E-state index contributed by atoms with van der Waals surface area (Å²) >= 11 is 0. The Morgan fingerprint density at radius 1 is 0.933 bits per heavy atom. The van der Waals surface area contributed by atoms with Crippen LogP contribution in [0, 0.1) is 0 Å². The first-order valence-electron chi connectivity index (χ1n) is 9.67. The van der Waals surface area contributed by atoms with Gasteiger partial charge < -0.3 is 15.7 Å². The minimum absolute atomic E-state index is 0.196. The molecule has 3 N–H and O–H groups in total. The summed E-state index contributed by atoms with van der Waals surface area (Å²) in [5.41, 5.74) is 0.0154. The van der Waals surface area contributed by atoms with Crippen LogP contribution in [-0.4, -0.2) is 23.0 Å². The number of aliphatic hydroxyl groups excluding tert-OH is 1. The fraction of sp³-hybridized carbons (Fsp3) is 0.364. The van der Waals surface area contributed by atoms with E-state index in [0.29, 0.717) is 12.0 Å². The van der Waals surface area contributed by atoms with E-state index < -0.39 is 35.8 Å². The summed E-state index contributed by atoms with van der Waals surface area (Å²) in [6.07, 6.45) is -5.15. The van der Waals surface area contributed by atoms with Crippen LogP contribution < -0.4 is 10.6 Å². The van der Waals surface area contributed by atoms with E-state index in [4.69, 9.17) is 0 Å². The number of nitrogens with one attached hydrogen (secondary N) is 2. The van der Waals surface area contributed by atoms with Crippen molar-refractivity contribution < 1.29 is 27.9 Å². The molecule has 0 heterocycles. The molecule has 0 radical (unpaired) electrons. The monoisotopic (exact) mass is 422 g/mol. The summed E-state index contributed by atoms with van der Waals surface area (Å²) in [6, 6.07) is 11.1. The summed E-state index contributed by atoms with van der Waals surface area (Å²) < 4.78 is 38.2. The molecule has 0 bridgehead atoms. The number of hydrogen-bond acceptors (Lipinski definition) is 3. The van der Waals surface area contributed by atoms with Gasteiger partial charge in [-0.3, -0.25) is 9.59 Å². The van der Waals surface area contributed by atoms with Gasteiger partial charge in [-0.15, -0.1) is 0 Å². The quantitative estimate of drug-likeness (QED) is 0.604. The van der Waals surface area contributed by atoms with Crippen LogP contribution in [-0.2, 0) is 15.8 Å². The lowest BCUT2D eigenvalue weighted by Gasteiger charge is -2.26. The molecular weight excluding hydrogens is 397 g/mol. The molecule has 0 aliphatic carbocycles. The zero-order valence-electron chi connectivity index (χ0n) is 16.7. The van der Waals surface area contributed by atoms with E-state index in [9.17, 15) is 27.9 Å². The number of carbonyl (C=O) groups is 2. The maximum absolute atomic E-state index is 12.9. The Balaban J connectivity index is 2.18. The molecule has 0 fully saturated rings. The minimum atomic E-state index is -4.47. The van der Waals surface area contributed by atoms with Gasteiger partial charge in [0.05, 0.1) is 17.7 Å². The van der Waals surface area contributed by atoms with Gasteiger partial charge in [0.15, 0.2) is 0 Å². The number of rotatable bonds is 8. The SMILES string of the molecule is CCC(=O)NC(C(=O)NC(CC)C(O)c1ccc(C(F)(F)F)cc1)c1ccccc1. The average molecular weight is 422 g/mol. The summed E-state index contributed by atoms with van der Waals surface area (Å²) in [7, 11) is 0. The van der Waals surface area contributed by atoms with E-state index in [1.807, 2.05) is 0 Å². The van der Waals surface area contributed by atoms with Crippen molar-refractivity contribution in [3.8, 4) is 0 Å². The van der Waals surface area contributed by atoms with Crippen molar-refractivity contribution >= 4 is 11.8 Å². The lowest BCUT2D eigenvalue weighted by molar-refractivity contribution is -0.137. The standard InChI is InChI=1S/C22H25F3N2O3/c1-3-17(20(29)15-10-12-16(13-11-15)22(23,24)25)26-21(30)19(27-18(28)4-2)14-8-6-5-7-9-14/h5-13,17,19-20,29H,3-4H2,1-2H3,(H,26,30)(H,27,28). The number of alkyl halides is 3. The Bertz CT molecular complexity index is 839. The Kier molecular flexibility index (Phi) is 8.00. The summed E-state index contributed by atoms with van der Waals surface area (Å²) in [5.74, 6) is -0.823. The van der Waals surface area contributed by atoms with Crippen LogP contribution in [0.25, 0.3) is 0 Å². The van der Waals surface area contributed by atoms with Crippen molar-refractivity contribution in [1.82, 2.24) is 10.6 Å². The number of amides is 2. The Hall–Kier alpha value is -2.87. The Labute approximate surface area is 173 Å². The van der Waals surface area contributed by atoms with Crippen molar-refractivity contribution in [2.24, 2.45) is 0 Å². The molecule has 8 heteroatoms. The van der Waals surface area contributed by atoms with Crippen LogP contribution in [0.1, 0.15) is 55.5 Å². The fourth-order valence-corrected chi connectivity index (χ4v) is 2.98. The molecule has 3 atom stereocenters. The van der Waals surface area contributed by atoms with Gasteiger partial charge in [0, 0.05) is 6.42 Å². The second kappa shape index (κ2) is 10.2. The predicted octanol–water partition coefficient (Wildman–Crippen LogP) is 3.90. The van der Waals surface area contributed by atoms with E-state index >= 15 is 0 Å². The van der Waals surface area contributed by atoms with Gasteiger partial charge in [-0.05, 0) is 29.7 Å². The van der Waals surface area contributed by atoms with Gasteiger partial charge in [-0.1, -0.05) is 56.3 Å². The smallest absolute Gasteiger partial charge is 0.386 e. The van der Waals surface area contributed by atoms with Gasteiger partial charge in [0.1, 0.15) is 6.04 Å². The second-order valence-corrected chi connectivity index (χ2v) is 6.85. The molecule has 2 amide bonds. The zero-order chi connectivity index (χ0) is 22.3. The lowest BCUT2D eigenvalue weighted by atomic mass is 9.98. The Morgan fingerprint density at radius 2 is 1.53 bits per heavy atom. The Morgan fingerprint density at radius 3 is 2.03 bits per heavy atom. The highest BCUT2D eigenvalue weighted by Gasteiger charge is 2.31. The van der Waals surface area contributed by atoms with Crippen molar-refractivity contribution in [2.45, 2.75) is 51.1 Å². The highest BCUT2D eigenvalue weighted by Crippen LogP contribution is 2.30. The number of aliphatic hydroxyl groups is 1. The molecule has 162 valence electrons. The summed E-state index contributed by atoms with van der Waals surface area (Å²) in [4.78, 5) is 24.8. The molecule has 5 nitrogen and oxygen atoms in total. The fourth-order valence-electron chi connectivity index (χ4n) is 2.98. The van der Waals surface area contributed by atoms with Crippen LogP contribution in [0.2, 0.25) is 0 Å². The molecule has 0 spiro atoms. The van der Waals surface area contributed by atoms with Gasteiger partial charge in [0.2, 0.25) is 11.8 Å². The van der Waals surface area contributed by atoms with Crippen LogP contribution >= 0.6 is 0 Å². The third kappa shape index (κ3) is 6.06. The van der Waals surface area contributed by atoms with Crippen LogP contribution in [0.3, 0.4) is 0 Å². The highest BCUT2D eigenvalue weighted by atomic mass is 19.4. The molecule has 2 rings (SSSR count). The minimum Gasteiger partial charge on any atom is -0.386 e. The third-order valence-corrected chi connectivity index (χ3v) is 4.75. The predicted molar refractivity (Wildman–Crippen MR) is 106 cm³/mol. The number of hydrogen-bond donors (Lipinski definition) is 3. The largest absolute Gasteiger partial charge is 0.416 e. The van der Waals surface area contributed by atoms with Crippen molar-refractivity contribution in [3.05, 3.63) is 71.3 Å². The van der Waals surface area contributed by atoms with Crippen molar-refractivity contribution in [2.75, 3.05) is 0 Å². The van der Waals surface area contributed by atoms with E-state index in [-0.39, 0.29) is 17.9 Å². The molecule has 30 heavy (non-hydrogen) atoms. The summed E-state index contributed by atoms with van der Waals surface area (Å²) in [5, 5.41) is 16.0. The van der Waals surface area contributed by atoms with Crippen molar-refractivity contribution in [3.63, 3.8) is 0 Å². The molecule has 0 aliphatic rings. The van der Waals surface area contributed by atoms with E-state index in [1.165, 1.54) is 12.1 Å². The molecule has 0 aliphatic heterocycles. The average Bonchev–Trinajstić information content (AvgIpc) is 2.75. The molecule has 0 aromatic heterocycles. The first-order chi connectivity index (χ1) is 14.2. The molecule has 0 saturated carbocycles. The molecule has 2 aromatic carbocycles. The van der Waals surface area contributed by atoms with E-state index in [1.54, 1.807) is 44.2 Å². The first-order valence-corrected chi connectivity index (χ1v) is 9.67. The number of halogens is 3. The van der Waals surface area contributed by atoms with Gasteiger partial charge >= 0.3 is 6.18 Å². The number of carbonyl (C=O) groups excluding carboxylic acids is 2. The van der Waals surface area contributed by atoms with Gasteiger partial charge in [0.25, 0.3) is 0 Å². The molecule has 0 saturated heterocycles. The van der Waals surface area contributed by atoms with Crippen molar-refractivity contribution in [1.29, 1.82) is 0 Å². The number of benzene rings is 2. The maximum atomic E-state index is 12.9. The van der Waals surface area contributed by atoms with E-state index in [2.05, 4.69) is 10.6 Å². The molecule has 2 aromatic rings. The van der Waals surface area contributed by atoms with Gasteiger partial charge in [-0.25, -0.2) is 0 Å². The second-order valence-electron chi connectivity index (χ2n) is 6.85. The summed E-state index contributed by atoms with van der Waals surface area (Å²) in [6.45, 7) is 3.40. The molecular formula is C22H25F3N2O3. The highest BCUT2D eigenvalue weighted by molar-refractivity contribution is 5.88. The van der Waals surface area contributed by atoms with Crippen LogP contribution in [0.15, 0.2) is 54.6 Å². The maximum Gasteiger partial charge on any atom is 0.416 e. The lowest BCUT2D eigenvalue weighted by Crippen LogP contribution is -2.46. The topological polar surface area (TPSA) is 78.4 Å². The third-order valence-electron chi connectivity index (χ3n) is 4.75. The van der Waals surface area contributed by atoms with E-state index in [0.717, 1.165) is 12.1 Å². The van der Waals surface area contributed by atoms with Crippen LogP contribution in [0.5, 0.6) is 0 Å². The molecule has 3 unspecified atom stereocenters. The zero-order valence-corrected chi connectivity index (χ0v) is 16.7. The first kappa shape index (κ1) is 23.4.